The molecular weight excluding hydrogens is 572 g/mol. The SMILES string of the molecule is CC(C)[C@@H]1[C@H](C)C/C=C/[C@H](O)[C@@H]2CC[C@H]2CN2CCCCc3cc(Cl)ccc3COc3ccc(cc32)C(O)NS1(=O)=O. The number of sulfonamides is 1. The van der Waals surface area contributed by atoms with Gasteiger partial charge in [-0.3, -0.25) is 0 Å². The van der Waals surface area contributed by atoms with Crippen LogP contribution in [0.25, 0.3) is 0 Å². The summed E-state index contributed by atoms with van der Waals surface area (Å²) in [6.45, 7) is 7.61. The van der Waals surface area contributed by atoms with Gasteiger partial charge >= 0.3 is 0 Å². The zero-order valence-electron chi connectivity index (χ0n) is 24.9. The van der Waals surface area contributed by atoms with Crippen LogP contribution in [0.5, 0.6) is 5.75 Å². The van der Waals surface area contributed by atoms with Gasteiger partial charge in [0, 0.05) is 18.1 Å². The van der Waals surface area contributed by atoms with Gasteiger partial charge in [0.2, 0.25) is 10.0 Å². The van der Waals surface area contributed by atoms with Gasteiger partial charge in [0.15, 0.2) is 0 Å². The minimum absolute atomic E-state index is 0.151. The monoisotopic (exact) mass is 616 g/mol. The second-order valence-electron chi connectivity index (χ2n) is 12.7. The maximum atomic E-state index is 13.6. The van der Waals surface area contributed by atoms with Crippen molar-refractivity contribution in [2.24, 2.45) is 23.7 Å². The van der Waals surface area contributed by atoms with E-state index in [2.05, 4.69) is 9.62 Å². The molecule has 3 N–H and O–H groups in total. The lowest BCUT2D eigenvalue weighted by Gasteiger charge is -2.42. The van der Waals surface area contributed by atoms with Crippen molar-refractivity contribution in [3.63, 3.8) is 0 Å². The van der Waals surface area contributed by atoms with Crippen LogP contribution in [-0.2, 0) is 23.1 Å². The summed E-state index contributed by atoms with van der Waals surface area (Å²) in [6, 6.07) is 11.4. The predicted molar refractivity (Wildman–Crippen MR) is 168 cm³/mol. The highest BCUT2D eigenvalue weighted by Crippen LogP contribution is 2.41. The van der Waals surface area contributed by atoms with Crippen molar-refractivity contribution in [3.05, 3.63) is 70.3 Å². The molecule has 0 spiro atoms. The first-order valence-electron chi connectivity index (χ1n) is 15.4. The van der Waals surface area contributed by atoms with Gasteiger partial charge in [-0.15, -0.1) is 0 Å². The highest BCUT2D eigenvalue weighted by Gasteiger charge is 2.38. The normalized spacial score (nSPS) is 31.1. The molecule has 1 unspecified atom stereocenters. The standard InChI is InChI=1S/C33H45ClN2O5S/c1-21(2)32-22(3)7-6-9-30(37)28-14-11-25(28)19-36-16-5-4-8-23-17-27(34)13-10-26(23)20-41-31-15-12-24(18-29(31)36)33(38)35-42(32,39)40/h6,9-10,12-13,15,17-18,21-22,25,28,30,32-33,35,37-38H,4-5,7-8,11,14,16,19-20H2,1-3H3/b9-6+/t22-,25+,28-,30+,32-,33?/m1/s1. The Kier molecular flexibility index (Phi) is 9.90. The van der Waals surface area contributed by atoms with E-state index in [0.29, 0.717) is 35.3 Å². The summed E-state index contributed by atoms with van der Waals surface area (Å²) in [6.07, 6.45) is 7.20. The summed E-state index contributed by atoms with van der Waals surface area (Å²) in [5.41, 5.74) is 3.58. The number of benzene rings is 2. The largest absolute Gasteiger partial charge is 0.487 e. The fourth-order valence-electron chi connectivity index (χ4n) is 7.01. The predicted octanol–water partition coefficient (Wildman–Crippen LogP) is 5.98. The number of rotatable bonds is 1. The molecule has 1 fully saturated rings. The van der Waals surface area contributed by atoms with E-state index in [0.717, 1.165) is 56.4 Å². The van der Waals surface area contributed by atoms with Crippen LogP contribution in [0.4, 0.5) is 5.69 Å². The molecule has 1 aliphatic carbocycles. The van der Waals surface area contributed by atoms with E-state index >= 15 is 0 Å². The number of hydrogen-bond donors (Lipinski definition) is 3. The summed E-state index contributed by atoms with van der Waals surface area (Å²) >= 11 is 6.32. The Morgan fingerprint density at radius 3 is 2.62 bits per heavy atom. The van der Waals surface area contributed by atoms with E-state index in [4.69, 9.17) is 16.3 Å². The highest BCUT2D eigenvalue weighted by atomic mass is 35.5. The van der Waals surface area contributed by atoms with Gasteiger partial charge in [-0.1, -0.05) is 56.7 Å². The molecule has 42 heavy (non-hydrogen) atoms. The van der Waals surface area contributed by atoms with E-state index in [1.165, 1.54) is 5.56 Å². The Bertz CT molecular complexity index is 1380. The van der Waals surface area contributed by atoms with Gasteiger partial charge in [-0.25, -0.2) is 8.42 Å². The van der Waals surface area contributed by atoms with E-state index in [1.807, 2.05) is 63.3 Å². The number of ether oxygens (including phenoxy) is 1. The molecule has 0 aromatic heterocycles. The second-order valence-corrected chi connectivity index (χ2v) is 15.0. The average Bonchev–Trinajstić information content (AvgIpc) is 2.93. The Morgan fingerprint density at radius 1 is 1.07 bits per heavy atom. The van der Waals surface area contributed by atoms with Gasteiger partial charge in [-0.2, -0.15) is 4.72 Å². The van der Waals surface area contributed by atoms with Crippen molar-refractivity contribution < 1.29 is 23.4 Å². The number of nitrogens with zero attached hydrogens (tertiary/aromatic N) is 1. The molecule has 2 aromatic carbocycles. The maximum Gasteiger partial charge on any atom is 0.217 e. The smallest absolute Gasteiger partial charge is 0.217 e. The van der Waals surface area contributed by atoms with Gasteiger partial charge in [0.1, 0.15) is 18.6 Å². The number of aliphatic hydroxyl groups is 2. The fourth-order valence-corrected chi connectivity index (χ4v) is 9.25. The van der Waals surface area contributed by atoms with Crippen LogP contribution in [0.1, 0.15) is 75.8 Å². The van der Waals surface area contributed by atoms with Crippen LogP contribution in [0, 0.1) is 23.7 Å². The van der Waals surface area contributed by atoms with E-state index in [-0.39, 0.29) is 17.8 Å². The number of fused-ring (bicyclic) bond motifs is 3. The van der Waals surface area contributed by atoms with Crippen molar-refractivity contribution in [1.29, 1.82) is 0 Å². The molecule has 1 saturated carbocycles. The number of anilines is 1. The molecule has 0 radical (unpaired) electrons. The van der Waals surface area contributed by atoms with Crippen LogP contribution >= 0.6 is 11.6 Å². The molecule has 7 nitrogen and oxygen atoms in total. The topological polar surface area (TPSA) is 99.1 Å². The zero-order chi connectivity index (χ0) is 30.0. The molecule has 2 aliphatic heterocycles. The van der Waals surface area contributed by atoms with Crippen molar-refractivity contribution >= 4 is 27.3 Å². The van der Waals surface area contributed by atoms with E-state index < -0.39 is 27.6 Å². The first-order chi connectivity index (χ1) is 20.0. The lowest BCUT2D eigenvalue weighted by molar-refractivity contribution is 0.0460. The number of allylic oxidation sites excluding steroid dienone is 1. The molecule has 0 saturated heterocycles. The first kappa shape index (κ1) is 31.3. The van der Waals surface area contributed by atoms with Crippen molar-refractivity contribution in [1.82, 2.24) is 4.72 Å². The van der Waals surface area contributed by atoms with Gasteiger partial charge in [-0.05, 0) is 103 Å². The third-order valence-electron chi connectivity index (χ3n) is 9.38. The maximum absolute atomic E-state index is 13.6. The summed E-state index contributed by atoms with van der Waals surface area (Å²) < 4.78 is 36.2. The van der Waals surface area contributed by atoms with Crippen molar-refractivity contribution in [3.8, 4) is 5.75 Å². The molecule has 6 atom stereocenters. The molecule has 0 amide bonds. The lowest BCUT2D eigenvalue weighted by atomic mass is 9.70. The Morgan fingerprint density at radius 2 is 1.88 bits per heavy atom. The van der Waals surface area contributed by atoms with E-state index in [1.54, 1.807) is 6.07 Å². The quantitative estimate of drug-likeness (QED) is 0.341. The lowest BCUT2D eigenvalue weighted by Crippen LogP contribution is -2.44. The molecule has 2 aromatic rings. The molecule has 5 rings (SSSR count). The molecule has 230 valence electrons. The molecule has 2 heterocycles. The average molecular weight is 617 g/mol. The molecular formula is C33H45ClN2O5S. The number of halogens is 1. The number of aryl methyl sites for hydroxylation is 1. The molecule has 2 bridgehead atoms. The number of aliphatic hydroxyl groups excluding tert-OH is 2. The Balaban J connectivity index is 1.55. The van der Waals surface area contributed by atoms with Crippen LogP contribution in [0.3, 0.4) is 0 Å². The van der Waals surface area contributed by atoms with Crippen LogP contribution < -0.4 is 14.4 Å². The third-order valence-corrected chi connectivity index (χ3v) is 11.9. The van der Waals surface area contributed by atoms with Crippen LogP contribution in [0.2, 0.25) is 5.02 Å². The summed E-state index contributed by atoms with van der Waals surface area (Å²) in [5, 5.41) is 22.4. The summed E-state index contributed by atoms with van der Waals surface area (Å²) in [4.78, 5) is 2.31. The molecule has 3 aliphatic rings. The fraction of sp³-hybridized carbons (Fsp3) is 0.576. The zero-order valence-corrected chi connectivity index (χ0v) is 26.4. The van der Waals surface area contributed by atoms with Crippen LogP contribution in [0.15, 0.2) is 48.6 Å². The number of hydrogen-bond acceptors (Lipinski definition) is 6. The molecule has 9 heteroatoms. The Labute approximate surface area is 256 Å². The number of nitrogens with one attached hydrogen (secondary N) is 1. The van der Waals surface area contributed by atoms with Gasteiger partial charge in [0.05, 0.1) is 17.0 Å². The van der Waals surface area contributed by atoms with Gasteiger partial charge in [0.25, 0.3) is 0 Å². The summed E-state index contributed by atoms with van der Waals surface area (Å²) in [7, 11) is -3.87. The van der Waals surface area contributed by atoms with Crippen molar-refractivity contribution in [2.75, 3.05) is 18.0 Å². The minimum atomic E-state index is -3.87. The minimum Gasteiger partial charge on any atom is -0.487 e. The van der Waals surface area contributed by atoms with Crippen molar-refractivity contribution in [2.45, 2.75) is 83.5 Å². The van der Waals surface area contributed by atoms with Gasteiger partial charge < -0.3 is 19.8 Å². The second kappa shape index (κ2) is 13.3. The van der Waals surface area contributed by atoms with Crippen LogP contribution in [-0.4, -0.2) is 43.1 Å². The van der Waals surface area contributed by atoms with E-state index in [9.17, 15) is 18.6 Å². The third kappa shape index (κ3) is 6.99. The first-order valence-corrected chi connectivity index (χ1v) is 17.3. The highest BCUT2D eigenvalue weighted by molar-refractivity contribution is 7.90. The Hall–Kier alpha value is -2.10. The summed E-state index contributed by atoms with van der Waals surface area (Å²) in [5.74, 6) is 0.796.